The number of anilines is 2. The molecule has 2 aromatic carbocycles. The van der Waals surface area contributed by atoms with Crippen LogP contribution < -0.4 is 15.0 Å². The van der Waals surface area contributed by atoms with Crippen LogP contribution in [0.2, 0.25) is 0 Å². The zero-order chi connectivity index (χ0) is 21.7. The fourth-order valence-electron chi connectivity index (χ4n) is 3.19. The fraction of sp³-hybridized carbons (Fsp3) is 0.409. The zero-order valence-corrected chi connectivity index (χ0v) is 17.5. The molecule has 1 fully saturated rings. The van der Waals surface area contributed by atoms with E-state index in [2.05, 4.69) is 26.1 Å². The molecular formula is C22H27N3O5. The molecule has 0 aliphatic carbocycles. The van der Waals surface area contributed by atoms with E-state index in [-0.39, 0.29) is 23.6 Å². The number of amides is 1. The summed E-state index contributed by atoms with van der Waals surface area (Å²) in [6, 6.07) is 12.1. The van der Waals surface area contributed by atoms with Crippen LogP contribution in [0.5, 0.6) is 5.75 Å². The molecule has 0 spiro atoms. The summed E-state index contributed by atoms with van der Waals surface area (Å²) in [5, 5.41) is 14.0. The summed E-state index contributed by atoms with van der Waals surface area (Å²) >= 11 is 0. The SMILES string of the molecule is CC(C)(C)c1ccc(OCC(=O)Nc2ccc([N+](=O)[O-])cc2N2CCOCC2)cc1. The minimum absolute atomic E-state index is 0.0234. The molecule has 0 radical (unpaired) electrons. The Morgan fingerprint density at radius 3 is 2.43 bits per heavy atom. The quantitative estimate of drug-likeness (QED) is 0.573. The molecule has 1 aliphatic heterocycles. The predicted octanol–water partition coefficient (Wildman–Crippen LogP) is 3.75. The highest BCUT2D eigenvalue weighted by Crippen LogP contribution is 2.31. The van der Waals surface area contributed by atoms with Crippen LogP contribution in [0.25, 0.3) is 0 Å². The molecule has 3 rings (SSSR count). The highest BCUT2D eigenvalue weighted by Gasteiger charge is 2.20. The second-order valence-corrected chi connectivity index (χ2v) is 8.17. The third kappa shape index (κ3) is 5.48. The number of nitro benzene ring substituents is 1. The minimum Gasteiger partial charge on any atom is -0.484 e. The van der Waals surface area contributed by atoms with Gasteiger partial charge in [0.25, 0.3) is 11.6 Å². The number of rotatable bonds is 6. The number of nitrogens with zero attached hydrogens (tertiary/aromatic N) is 2. The molecule has 0 bridgehead atoms. The van der Waals surface area contributed by atoms with Crippen molar-refractivity contribution in [2.75, 3.05) is 43.1 Å². The van der Waals surface area contributed by atoms with Gasteiger partial charge in [-0.1, -0.05) is 32.9 Å². The highest BCUT2D eigenvalue weighted by molar-refractivity contribution is 5.95. The fourth-order valence-corrected chi connectivity index (χ4v) is 3.19. The van der Waals surface area contributed by atoms with Gasteiger partial charge in [0.15, 0.2) is 6.61 Å². The van der Waals surface area contributed by atoms with E-state index in [0.29, 0.717) is 43.4 Å². The number of nitrogens with one attached hydrogen (secondary N) is 1. The highest BCUT2D eigenvalue weighted by atomic mass is 16.6. The van der Waals surface area contributed by atoms with Gasteiger partial charge in [-0.25, -0.2) is 0 Å². The molecule has 1 amide bonds. The number of non-ortho nitro benzene ring substituents is 1. The van der Waals surface area contributed by atoms with Crippen LogP contribution in [0.3, 0.4) is 0 Å². The predicted molar refractivity (Wildman–Crippen MR) is 115 cm³/mol. The number of carbonyl (C=O) groups excluding carboxylic acids is 1. The van der Waals surface area contributed by atoms with Crippen LogP contribution in [0.4, 0.5) is 17.1 Å². The first kappa shape index (κ1) is 21.6. The molecule has 30 heavy (non-hydrogen) atoms. The molecule has 0 saturated carbocycles. The third-order valence-electron chi connectivity index (χ3n) is 4.91. The lowest BCUT2D eigenvalue weighted by Crippen LogP contribution is -2.37. The topological polar surface area (TPSA) is 93.9 Å². The van der Waals surface area contributed by atoms with E-state index in [1.807, 2.05) is 29.2 Å². The van der Waals surface area contributed by atoms with Crippen LogP contribution in [-0.4, -0.2) is 43.7 Å². The molecular weight excluding hydrogens is 386 g/mol. The van der Waals surface area contributed by atoms with Crippen LogP contribution in [0, 0.1) is 10.1 Å². The third-order valence-corrected chi connectivity index (χ3v) is 4.91. The van der Waals surface area contributed by atoms with Crippen molar-refractivity contribution in [3.8, 4) is 5.75 Å². The number of carbonyl (C=O) groups is 1. The number of nitro groups is 1. The van der Waals surface area contributed by atoms with E-state index in [1.165, 1.54) is 17.7 Å². The van der Waals surface area contributed by atoms with Crippen LogP contribution >= 0.6 is 0 Å². The summed E-state index contributed by atoms with van der Waals surface area (Å²) < 4.78 is 11.0. The normalized spacial score (nSPS) is 14.3. The average molecular weight is 413 g/mol. The van der Waals surface area contributed by atoms with Gasteiger partial charge in [0.2, 0.25) is 0 Å². The molecule has 0 unspecified atom stereocenters. The Bertz CT molecular complexity index is 900. The summed E-state index contributed by atoms with van der Waals surface area (Å²) in [5.74, 6) is 0.272. The van der Waals surface area contributed by atoms with Crippen molar-refractivity contribution in [1.82, 2.24) is 0 Å². The first-order chi connectivity index (χ1) is 14.2. The van der Waals surface area contributed by atoms with Crippen molar-refractivity contribution in [1.29, 1.82) is 0 Å². The van der Waals surface area contributed by atoms with Crippen molar-refractivity contribution in [2.24, 2.45) is 0 Å². The van der Waals surface area contributed by atoms with Gasteiger partial charge in [-0.2, -0.15) is 0 Å². The lowest BCUT2D eigenvalue weighted by Gasteiger charge is -2.30. The van der Waals surface area contributed by atoms with Gasteiger partial charge in [-0.3, -0.25) is 14.9 Å². The summed E-state index contributed by atoms with van der Waals surface area (Å²) in [6.07, 6.45) is 0. The van der Waals surface area contributed by atoms with Gasteiger partial charge in [0, 0.05) is 25.2 Å². The Hall–Kier alpha value is -3.13. The second kappa shape index (κ2) is 9.13. The van der Waals surface area contributed by atoms with Crippen molar-refractivity contribution < 1.29 is 19.2 Å². The number of hydrogen-bond acceptors (Lipinski definition) is 6. The Labute approximate surface area is 175 Å². The van der Waals surface area contributed by atoms with Gasteiger partial charge in [-0.15, -0.1) is 0 Å². The smallest absolute Gasteiger partial charge is 0.271 e. The molecule has 8 nitrogen and oxygen atoms in total. The molecule has 8 heteroatoms. The van der Waals surface area contributed by atoms with Crippen molar-refractivity contribution in [3.05, 3.63) is 58.1 Å². The maximum atomic E-state index is 12.5. The number of morpholine rings is 1. The average Bonchev–Trinajstić information content (AvgIpc) is 2.72. The molecule has 2 aromatic rings. The van der Waals surface area contributed by atoms with E-state index < -0.39 is 4.92 Å². The number of hydrogen-bond donors (Lipinski definition) is 1. The van der Waals surface area contributed by atoms with Crippen LogP contribution in [0.15, 0.2) is 42.5 Å². The Kier molecular flexibility index (Phi) is 6.56. The van der Waals surface area contributed by atoms with Gasteiger partial charge < -0.3 is 19.7 Å². The van der Waals surface area contributed by atoms with E-state index >= 15 is 0 Å². The van der Waals surface area contributed by atoms with Gasteiger partial charge >= 0.3 is 0 Å². The van der Waals surface area contributed by atoms with Crippen molar-refractivity contribution >= 4 is 23.0 Å². The largest absolute Gasteiger partial charge is 0.484 e. The zero-order valence-electron chi connectivity index (χ0n) is 17.5. The lowest BCUT2D eigenvalue weighted by atomic mass is 9.87. The maximum Gasteiger partial charge on any atom is 0.271 e. The second-order valence-electron chi connectivity index (χ2n) is 8.17. The van der Waals surface area contributed by atoms with Crippen LogP contribution in [0.1, 0.15) is 26.3 Å². The Balaban J connectivity index is 1.67. The van der Waals surface area contributed by atoms with Gasteiger partial charge in [0.1, 0.15) is 5.75 Å². The number of benzene rings is 2. The van der Waals surface area contributed by atoms with Gasteiger partial charge in [0.05, 0.1) is 29.5 Å². The maximum absolute atomic E-state index is 12.5. The summed E-state index contributed by atoms with van der Waals surface area (Å²) in [7, 11) is 0. The summed E-state index contributed by atoms with van der Waals surface area (Å²) in [5.41, 5.74) is 2.32. The molecule has 0 aromatic heterocycles. The van der Waals surface area contributed by atoms with E-state index in [1.54, 1.807) is 6.07 Å². The molecule has 160 valence electrons. The summed E-state index contributed by atoms with van der Waals surface area (Å²) in [6.45, 7) is 8.49. The molecule has 0 atom stereocenters. The summed E-state index contributed by atoms with van der Waals surface area (Å²) in [4.78, 5) is 25.1. The van der Waals surface area contributed by atoms with E-state index in [9.17, 15) is 14.9 Å². The lowest BCUT2D eigenvalue weighted by molar-refractivity contribution is -0.384. The number of ether oxygens (including phenoxy) is 2. The van der Waals surface area contributed by atoms with Crippen molar-refractivity contribution in [2.45, 2.75) is 26.2 Å². The van der Waals surface area contributed by atoms with Crippen molar-refractivity contribution in [3.63, 3.8) is 0 Å². The molecule has 1 saturated heterocycles. The van der Waals surface area contributed by atoms with E-state index in [4.69, 9.17) is 9.47 Å². The molecule has 1 N–H and O–H groups in total. The van der Waals surface area contributed by atoms with Crippen LogP contribution in [-0.2, 0) is 14.9 Å². The first-order valence-electron chi connectivity index (χ1n) is 9.88. The van der Waals surface area contributed by atoms with E-state index in [0.717, 1.165) is 0 Å². The van der Waals surface area contributed by atoms with Gasteiger partial charge in [-0.05, 0) is 29.2 Å². The Morgan fingerprint density at radius 1 is 1.17 bits per heavy atom. The standard InChI is InChI=1S/C22H27N3O5/c1-22(2,3)16-4-7-18(8-5-16)30-15-21(26)23-19-9-6-17(25(27)28)14-20(19)24-10-12-29-13-11-24/h4-9,14H,10-13,15H2,1-3H3,(H,23,26). The first-order valence-corrected chi connectivity index (χ1v) is 9.88. The minimum atomic E-state index is -0.445. The monoisotopic (exact) mass is 413 g/mol. The molecule has 1 heterocycles. The molecule has 1 aliphatic rings. The Morgan fingerprint density at radius 2 is 1.83 bits per heavy atom.